The maximum absolute atomic E-state index is 13.3. The lowest BCUT2D eigenvalue weighted by Gasteiger charge is -2.21. The number of hydrogen-bond acceptors (Lipinski definition) is 0. The molecule has 1 aliphatic carbocycles. The molecule has 0 fully saturated rings. The first-order chi connectivity index (χ1) is 13.6. The Bertz CT molecular complexity index is 1080. The first-order valence-corrected chi connectivity index (χ1v) is 9.86. The minimum atomic E-state index is -0.868. The van der Waals surface area contributed by atoms with E-state index >= 15 is 0 Å². The average Bonchev–Trinajstić information content (AvgIpc) is 2.72. The number of halogens is 2. The van der Waals surface area contributed by atoms with E-state index in [0.717, 1.165) is 37.0 Å². The highest BCUT2D eigenvalue weighted by Gasteiger charge is 2.16. The molecule has 3 aromatic carbocycles. The second-order valence-electron chi connectivity index (χ2n) is 7.35. The van der Waals surface area contributed by atoms with Crippen LogP contribution in [0.5, 0.6) is 0 Å². The van der Waals surface area contributed by atoms with E-state index in [0.29, 0.717) is 5.56 Å². The fourth-order valence-electron chi connectivity index (χ4n) is 3.78. The summed E-state index contributed by atoms with van der Waals surface area (Å²) in [6.45, 7) is 2.22. The zero-order valence-electron chi connectivity index (χ0n) is 16.0. The highest BCUT2D eigenvalue weighted by molar-refractivity contribution is 5.74. The Morgan fingerprint density at radius 3 is 2.11 bits per heavy atom. The molecule has 0 saturated heterocycles. The molecule has 0 spiro atoms. The van der Waals surface area contributed by atoms with Crippen LogP contribution in [0, 0.1) is 23.5 Å². The first kappa shape index (κ1) is 18.4. The van der Waals surface area contributed by atoms with Crippen molar-refractivity contribution in [2.24, 2.45) is 0 Å². The van der Waals surface area contributed by atoms with Crippen molar-refractivity contribution in [3.8, 4) is 23.0 Å². The van der Waals surface area contributed by atoms with E-state index in [2.05, 4.69) is 49.1 Å². The van der Waals surface area contributed by atoms with Crippen molar-refractivity contribution in [3.63, 3.8) is 0 Å². The Balaban J connectivity index is 1.60. The summed E-state index contributed by atoms with van der Waals surface area (Å²) in [6.07, 6.45) is 5.64. The van der Waals surface area contributed by atoms with Crippen LogP contribution < -0.4 is 0 Å². The van der Waals surface area contributed by atoms with Gasteiger partial charge in [-0.2, -0.15) is 0 Å². The lowest BCUT2D eigenvalue weighted by atomic mass is 9.83. The monoisotopic (exact) mass is 372 g/mol. The van der Waals surface area contributed by atoms with Gasteiger partial charge < -0.3 is 0 Å². The smallest absolute Gasteiger partial charge is 0.160 e. The van der Waals surface area contributed by atoms with Gasteiger partial charge in [0.25, 0.3) is 0 Å². The molecule has 0 unspecified atom stereocenters. The molecule has 1 aliphatic rings. The number of unbranched alkanes of at least 4 members (excludes halogenated alkanes) is 1. The summed E-state index contributed by atoms with van der Waals surface area (Å²) < 4.78 is 26.4. The SMILES string of the molecule is CCCCc1ccc2c(c1)CCc1cc(C#Cc3ccc(F)c(F)c3)ccc1-2. The summed E-state index contributed by atoms with van der Waals surface area (Å²) in [5, 5.41) is 0. The van der Waals surface area contributed by atoms with Gasteiger partial charge in [0.05, 0.1) is 0 Å². The van der Waals surface area contributed by atoms with E-state index in [4.69, 9.17) is 0 Å². The topological polar surface area (TPSA) is 0 Å². The van der Waals surface area contributed by atoms with Crippen LogP contribution >= 0.6 is 0 Å². The number of hydrogen-bond donors (Lipinski definition) is 0. The van der Waals surface area contributed by atoms with Gasteiger partial charge in [0.15, 0.2) is 11.6 Å². The second kappa shape index (κ2) is 7.98. The molecule has 3 aromatic rings. The summed E-state index contributed by atoms with van der Waals surface area (Å²) in [6, 6.07) is 16.9. The second-order valence-corrected chi connectivity index (χ2v) is 7.35. The van der Waals surface area contributed by atoms with Crippen molar-refractivity contribution in [2.45, 2.75) is 39.0 Å². The molecule has 140 valence electrons. The van der Waals surface area contributed by atoms with Gasteiger partial charge in [0.2, 0.25) is 0 Å². The van der Waals surface area contributed by atoms with Crippen LogP contribution in [-0.2, 0) is 19.3 Å². The molecule has 0 bridgehead atoms. The van der Waals surface area contributed by atoms with Crippen LogP contribution in [0.25, 0.3) is 11.1 Å². The fourth-order valence-corrected chi connectivity index (χ4v) is 3.78. The standard InChI is InChI=1S/C26H22F2/c1-2-3-4-18-7-12-23-21(15-18)10-11-22-16-19(8-13-24(22)23)5-6-20-9-14-25(27)26(28)17-20/h7-9,12-17H,2-4,10-11H2,1H3. The predicted octanol–water partition coefficient (Wildman–Crippen LogP) is 6.47. The molecule has 0 radical (unpaired) electrons. The van der Waals surface area contributed by atoms with Crippen LogP contribution in [0.2, 0.25) is 0 Å². The molecule has 0 aromatic heterocycles. The van der Waals surface area contributed by atoms with Gasteiger partial charge in [-0.05, 0) is 83.8 Å². The van der Waals surface area contributed by atoms with Gasteiger partial charge in [-0.3, -0.25) is 0 Å². The van der Waals surface area contributed by atoms with Gasteiger partial charge in [0.1, 0.15) is 0 Å². The van der Waals surface area contributed by atoms with Crippen molar-refractivity contribution < 1.29 is 8.78 Å². The summed E-state index contributed by atoms with van der Waals surface area (Å²) >= 11 is 0. The third-order valence-electron chi connectivity index (χ3n) is 5.32. The van der Waals surface area contributed by atoms with E-state index in [-0.39, 0.29) is 0 Å². The molecule has 0 heterocycles. The van der Waals surface area contributed by atoms with E-state index in [1.807, 2.05) is 6.07 Å². The van der Waals surface area contributed by atoms with Gasteiger partial charge in [-0.15, -0.1) is 0 Å². The van der Waals surface area contributed by atoms with Crippen molar-refractivity contribution >= 4 is 0 Å². The molecule has 0 amide bonds. The fraction of sp³-hybridized carbons (Fsp3) is 0.231. The maximum Gasteiger partial charge on any atom is 0.160 e. The molecular formula is C26H22F2. The van der Waals surface area contributed by atoms with Crippen molar-refractivity contribution in [1.82, 2.24) is 0 Å². The number of benzene rings is 3. The van der Waals surface area contributed by atoms with Gasteiger partial charge in [-0.1, -0.05) is 49.5 Å². The van der Waals surface area contributed by atoms with Crippen molar-refractivity contribution in [2.75, 3.05) is 0 Å². The zero-order valence-corrected chi connectivity index (χ0v) is 16.0. The molecule has 28 heavy (non-hydrogen) atoms. The van der Waals surface area contributed by atoms with E-state index in [1.54, 1.807) is 0 Å². The minimum Gasteiger partial charge on any atom is -0.204 e. The third-order valence-corrected chi connectivity index (χ3v) is 5.32. The Hall–Kier alpha value is -2.92. The number of aryl methyl sites for hydroxylation is 3. The molecular weight excluding hydrogens is 350 g/mol. The number of rotatable bonds is 3. The van der Waals surface area contributed by atoms with Gasteiger partial charge >= 0.3 is 0 Å². The quantitative estimate of drug-likeness (QED) is 0.462. The van der Waals surface area contributed by atoms with Crippen LogP contribution in [0.1, 0.15) is 47.6 Å². The summed E-state index contributed by atoms with van der Waals surface area (Å²) in [4.78, 5) is 0. The highest BCUT2D eigenvalue weighted by Crippen LogP contribution is 2.34. The summed E-state index contributed by atoms with van der Waals surface area (Å²) in [5.41, 5.74) is 8.13. The molecule has 0 nitrogen and oxygen atoms in total. The molecule has 0 atom stereocenters. The summed E-state index contributed by atoms with van der Waals surface area (Å²) in [7, 11) is 0. The molecule has 0 saturated carbocycles. The van der Waals surface area contributed by atoms with E-state index in [1.165, 1.54) is 46.7 Å². The number of fused-ring (bicyclic) bond motifs is 3. The Labute approximate surface area is 165 Å². The minimum absolute atomic E-state index is 0.474. The Morgan fingerprint density at radius 2 is 1.39 bits per heavy atom. The first-order valence-electron chi connectivity index (χ1n) is 9.86. The van der Waals surface area contributed by atoms with Crippen LogP contribution in [0.3, 0.4) is 0 Å². The van der Waals surface area contributed by atoms with Gasteiger partial charge in [-0.25, -0.2) is 8.78 Å². The lowest BCUT2D eigenvalue weighted by molar-refractivity contribution is 0.508. The molecule has 0 aliphatic heterocycles. The van der Waals surface area contributed by atoms with Crippen LogP contribution in [0.15, 0.2) is 54.6 Å². The molecule has 4 rings (SSSR count). The van der Waals surface area contributed by atoms with Gasteiger partial charge in [0, 0.05) is 11.1 Å². The van der Waals surface area contributed by atoms with E-state index < -0.39 is 11.6 Å². The largest absolute Gasteiger partial charge is 0.204 e. The Kier molecular flexibility index (Phi) is 5.26. The molecule has 0 N–H and O–H groups in total. The summed E-state index contributed by atoms with van der Waals surface area (Å²) in [5.74, 6) is 4.28. The predicted molar refractivity (Wildman–Crippen MR) is 110 cm³/mol. The third kappa shape index (κ3) is 3.85. The lowest BCUT2D eigenvalue weighted by Crippen LogP contribution is -2.05. The maximum atomic E-state index is 13.3. The Morgan fingerprint density at radius 1 is 0.750 bits per heavy atom. The van der Waals surface area contributed by atoms with E-state index in [9.17, 15) is 8.78 Å². The molecule has 2 heteroatoms. The average molecular weight is 372 g/mol. The van der Waals surface area contributed by atoms with Crippen molar-refractivity contribution in [1.29, 1.82) is 0 Å². The van der Waals surface area contributed by atoms with Crippen LogP contribution in [-0.4, -0.2) is 0 Å². The zero-order chi connectivity index (χ0) is 19.5. The highest BCUT2D eigenvalue weighted by atomic mass is 19.2. The van der Waals surface area contributed by atoms with Crippen molar-refractivity contribution in [3.05, 3.63) is 94.0 Å². The van der Waals surface area contributed by atoms with Crippen LogP contribution in [0.4, 0.5) is 8.78 Å². The normalized spacial score (nSPS) is 12.0.